The van der Waals surface area contributed by atoms with Crippen LogP contribution in [0.2, 0.25) is 0 Å². The molecule has 0 unspecified atom stereocenters. The monoisotopic (exact) mass is 235 g/mol. The third-order valence-corrected chi connectivity index (χ3v) is 2.22. The summed E-state index contributed by atoms with van der Waals surface area (Å²) in [5, 5.41) is 7.55. The first-order valence-electron chi connectivity index (χ1n) is 5.33. The first-order valence-corrected chi connectivity index (χ1v) is 5.33. The second-order valence-corrected chi connectivity index (χ2v) is 3.33. The molecule has 0 fully saturated rings. The van der Waals surface area contributed by atoms with Crippen molar-refractivity contribution in [3.05, 3.63) is 30.6 Å². The Morgan fingerprint density at radius 2 is 2.24 bits per heavy atom. The zero-order chi connectivity index (χ0) is 12.1. The molecule has 0 aromatic carbocycles. The van der Waals surface area contributed by atoms with E-state index in [2.05, 4.69) is 15.3 Å². The van der Waals surface area contributed by atoms with E-state index in [1.54, 1.807) is 41.0 Å². The summed E-state index contributed by atoms with van der Waals surface area (Å²) in [5.74, 6) is -0.0944. The van der Waals surface area contributed by atoms with Crippen molar-refractivity contribution in [2.24, 2.45) is 0 Å². The minimum Gasteiger partial charge on any atom is -0.460 e. The smallest absolute Gasteiger partial charge is 0.374 e. The second-order valence-electron chi connectivity index (χ2n) is 3.33. The molecular weight excluding hydrogens is 222 g/mol. The highest BCUT2D eigenvalue weighted by molar-refractivity contribution is 5.85. The Hall–Kier alpha value is -2.18. The molecule has 0 atom stereocenters. The Kier molecular flexibility index (Phi) is 3.49. The van der Waals surface area contributed by atoms with E-state index in [0.29, 0.717) is 25.5 Å². The van der Waals surface area contributed by atoms with Crippen LogP contribution in [-0.2, 0) is 17.8 Å². The number of carbonyl (C=O) groups excluding carboxylic acids is 1. The van der Waals surface area contributed by atoms with Crippen LogP contribution in [0.15, 0.2) is 24.8 Å². The van der Waals surface area contributed by atoms with Crippen LogP contribution in [0.5, 0.6) is 0 Å². The summed E-state index contributed by atoms with van der Waals surface area (Å²) in [6.45, 7) is 3.33. The zero-order valence-electron chi connectivity index (χ0n) is 9.48. The molecule has 2 heterocycles. The molecular formula is C10H13N5O2. The van der Waals surface area contributed by atoms with Crippen molar-refractivity contribution in [1.82, 2.24) is 24.5 Å². The molecule has 0 N–H and O–H groups in total. The van der Waals surface area contributed by atoms with Crippen molar-refractivity contribution < 1.29 is 9.53 Å². The fourth-order valence-electron chi connectivity index (χ4n) is 1.44. The lowest BCUT2D eigenvalue weighted by Crippen LogP contribution is -2.16. The molecule has 2 aromatic rings. The number of imidazole rings is 1. The summed E-state index contributed by atoms with van der Waals surface area (Å²) < 4.78 is 8.33. The molecule has 0 amide bonds. The van der Waals surface area contributed by atoms with E-state index in [0.717, 1.165) is 0 Å². The van der Waals surface area contributed by atoms with Crippen LogP contribution in [0, 0.1) is 0 Å². The van der Waals surface area contributed by atoms with E-state index in [9.17, 15) is 4.79 Å². The molecule has 7 nitrogen and oxygen atoms in total. The van der Waals surface area contributed by atoms with Gasteiger partial charge in [0.15, 0.2) is 0 Å². The first-order chi connectivity index (χ1) is 8.31. The van der Waals surface area contributed by atoms with Crippen LogP contribution in [0.25, 0.3) is 0 Å². The molecule has 90 valence electrons. The molecule has 0 aliphatic carbocycles. The van der Waals surface area contributed by atoms with E-state index < -0.39 is 5.97 Å². The molecule has 7 heteroatoms. The van der Waals surface area contributed by atoms with Gasteiger partial charge >= 0.3 is 5.97 Å². The number of rotatable bonds is 5. The van der Waals surface area contributed by atoms with Crippen molar-refractivity contribution in [3.63, 3.8) is 0 Å². The number of nitrogens with zero attached hydrogens (tertiary/aromatic N) is 5. The molecule has 17 heavy (non-hydrogen) atoms. The maximum Gasteiger partial charge on any atom is 0.374 e. The minimum atomic E-state index is -0.406. The largest absolute Gasteiger partial charge is 0.460 e. The summed E-state index contributed by atoms with van der Waals surface area (Å²) in [6.07, 6.45) is 6.69. The number of aryl methyl sites for hydroxylation is 2. The van der Waals surface area contributed by atoms with E-state index in [-0.39, 0.29) is 0 Å². The van der Waals surface area contributed by atoms with Crippen molar-refractivity contribution in [2.75, 3.05) is 6.61 Å². The highest BCUT2D eigenvalue weighted by Gasteiger charge is 2.13. The van der Waals surface area contributed by atoms with Crippen molar-refractivity contribution in [3.8, 4) is 0 Å². The van der Waals surface area contributed by atoms with E-state index in [1.807, 2.05) is 0 Å². The van der Waals surface area contributed by atoms with Gasteiger partial charge in [0.1, 0.15) is 0 Å². The molecule has 0 spiro atoms. The molecule has 0 aliphatic heterocycles. The van der Waals surface area contributed by atoms with Gasteiger partial charge in [0.2, 0.25) is 5.82 Å². The fraction of sp³-hybridized carbons (Fsp3) is 0.400. The molecule has 0 aliphatic rings. The van der Waals surface area contributed by atoms with Gasteiger partial charge in [-0.3, -0.25) is 4.68 Å². The van der Waals surface area contributed by atoms with Gasteiger partial charge in [-0.2, -0.15) is 0 Å². The third kappa shape index (κ3) is 2.68. The van der Waals surface area contributed by atoms with Gasteiger partial charge in [-0.15, -0.1) is 5.10 Å². The summed E-state index contributed by atoms with van der Waals surface area (Å²) in [4.78, 5) is 15.5. The molecule has 0 saturated carbocycles. The fourth-order valence-corrected chi connectivity index (χ4v) is 1.44. The number of hydrogen-bond donors (Lipinski definition) is 0. The molecule has 0 saturated heterocycles. The number of aromatic nitrogens is 5. The summed E-state index contributed by atoms with van der Waals surface area (Å²) >= 11 is 0. The normalized spacial score (nSPS) is 10.4. The number of hydrogen-bond acceptors (Lipinski definition) is 5. The average molecular weight is 235 g/mol. The maximum absolute atomic E-state index is 11.5. The number of esters is 1. The molecule has 2 aromatic heterocycles. The third-order valence-electron chi connectivity index (χ3n) is 2.22. The lowest BCUT2D eigenvalue weighted by Gasteiger charge is -2.06. The van der Waals surface area contributed by atoms with Crippen molar-refractivity contribution in [1.29, 1.82) is 0 Å². The van der Waals surface area contributed by atoms with Gasteiger partial charge in [-0.05, 0) is 6.92 Å². The van der Waals surface area contributed by atoms with Crippen molar-refractivity contribution >= 4 is 5.97 Å². The van der Waals surface area contributed by atoms with Crippen LogP contribution >= 0.6 is 0 Å². The van der Waals surface area contributed by atoms with Gasteiger partial charge in [-0.25, -0.2) is 9.78 Å². The van der Waals surface area contributed by atoms with Crippen LogP contribution in [0.3, 0.4) is 0 Å². The summed E-state index contributed by atoms with van der Waals surface area (Å²) in [6, 6.07) is 0. The van der Waals surface area contributed by atoms with Crippen molar-refractivity contribution in [2.45, 2.75) is 20.0 Å². The van der Waals surface area contributed by atoms with E-state index >= 15 is 0 Å². The average Bonchev–Trinajstić information content (AvgIpc) is 2.98. The predicted molar refractivity (Wildman–Crippen MR) is 58.2 cm³/mol. The van der Waals surface area contributed by atoms with Crippen LogP contribution in [0.1, 0.15) is 17.5 Å². The first kappa shape index (κ1) is 11.3. The number of carbonyl (C=O) groups is 1. The van der Waals surface area contributed by atoms with E-state index in [4.69, 9.17) is 4.74 Å². The Balaban J connectivity index is 2.01. The second kappa shape index (κ2) is 5.24. The van der Waals surface area contributed by atoms with E-state index in [1.165, 1.54) is 0 Å². The Morgan fingerprint density at radius 3 is 2.94 bits per heavy atom. The SMILES string of the molecule is CCOC(=O)c1nccn1CCn1ccnn1. The maximum atomic E-state index is 11.5. The Bertz CT molecular complexity index is 477. The highest BCUT2D eigenvalue weighted by atomic mass is 16.5. The minimum absolute atomic E-state index is 0.312. The number of ether oxygens (including phenoxy) is 1. The lowest BCUT2D eigenvalue weighted by molar-refractivity contribution is 0.0506. The molecule has 2 rings (SSSR count). The Labute approximate surface area is 98.0 Å². The standard InChI is InChI=1S/C10H13N5O2/c1-2-17-10(16)9-11-3-5-14(9)7-8-15-6-4-12-13-15/h3-6H,2,7-8H2,1H3. The summed E-state index contributed by atoms with van der Waals surface area (Å²) in [5.41, 5.74) is 0. The van der Waals surface area contributed by atoms with Gasteiger partial charge in [0, 0.05) is 25.1 Å². The van der Waals surface area contributed by atoms with Crippen LogP contribution < -0.4 is 0 Å². The van der Waals surface area contributed by atoms with Crippen LogP contribution in [-0.4, -0.2) is 37.1 Å². The molecule has 0 radical (unpaired) electrons. The van der Waals surface area contributed by atoms with Gasteiger partial charge in [-0.1, -0.05) is 5.21 Å². The Morgan fingerprint density at radius 1 is 1.35 bits per heavy atom. The van der Waals surface area contributed by atoms with Crippen LogP contribution in [0.4, 0.5) is 0 Å². The zero-order valence-corrected chi connectivity index (χ0v) is 9.48. The quantitative estimate of drug-likeness (QED) is 0.699. The summed E-state index contributed by atoms with van der Waals surface area (Å²) in [7, 11) is 0. The highest BCUT2D eigenvalue weighted by Crippen LogP contribution is 2.01. The predicted octanol–water partition coefficient (Wildman–Crippen LogP) is 0.351. The topological polar surface area (TPSA) is 74.8 Å². The van der Waals surface area contributed by atoms with Gasteiger partial charge < -0.3 is 9.30 Å². The lowest BCUT2D eigenvalue weighted by atomic mass is 10.5. The molecule has 0 bridgehead atoms. The van der Waals surface area contributed by atoms with Gasteiger partial charge in [0.05, 0.1) is 19.3 Å². The van der Waals surface area contributed by atoms with Gasteiger partial charge in [0.25, 0.3) is 0 Å².